The fraction of sp³-hybridized carbons (Fsp3) is 0.381. The summed E-state index contributed by atoms with van der Waals surface area (Å²) in [5.41, 5.74) is 1.93. The number of piperazine rings is 1. The Balaban J connectivity index is 1.49. The van der Waals surface area contributed by atoms with E-state index in [1.54, 1.807) is 29.2 Å². The van der Waals surface area contributed by atoms with Gasteiger partial charge >= 0.3 is 0 Å². The van der Waals surface area contributed by atoms with Crippen LogP contribution >= 0.6 is 0 Å². The zero-order chi connectivity index (χ0) is 20.6. The fourth-order valence-corrected chi connectivity index (χ4v) is 4.87. The highest BCUT2D eigenvalue weighted by Crippen LogP contribution is 2.28. The zero-order valence-electron chi connectivity index (χ0n) is 16.3. The highest BCUT2D eigenvalue weighted by atomic mass is 32.2. The van der Waals surface area contributed by atoms with Crippen molar-refractivity contribution >= 4 is 21.6 Å². The standard InChI is InChI=1S/C21H25N3O4S/c1-15-6-9-17(29(27,28)22-16-7-8-16)14-18(15)21(26)24-12-10-23(11-13-24)19-4-2-3-5-20(19)25/h2-6,9,14,16,22,25H,7-8,10-13H2,1H3. The summed E-state index contributed by atoms with van der Waals surface area (Å²) >= 11 is 0. The Kier molecular flexibility index (Phi) is 5.23. The van der Waals surface area contributed by atoms with Crippen LogP contribution in [0.3, 0.4) is 0 Å². The molecule has 2 fully saturated rings. The van der Waals surface area contributed by atoms with Gasteiger partial charge in [-0.25, -0.2) is 13.1 Å². The van der Waals surface area contributed by atoms with Crippen LogP contribution in [0.2, 0.25) is 0 Å². The number of aryl methyl sites for hydroxylation is 1. The van der Waals surface area contributed by atoms with E-state index in [1.165, 1.54) is 6.07 Å². The summed E-state index contributed by atoms with van der Waals surface area (Å²) in [5, 5.41) is 10.0. The third kappa shape index (κ3) is 4.23. The van der Waals surface area contributed by atoms with Crippen molar-refractivity contribution in [2.24, 2.45) is 0 Å². The van der Waals surface area contributed by atoms with Gasteiger partial charge in [-0.3, -0.25) is 4.79 Å². The summed E-state index contributed by atoms with van der Waals surface area (Å²) in [4.78, 5) is 17.0. The van der Waals surface area contributed by atoms with Gasteiger partial charge in [0.1, 0.15) is 5.75 Å². The van der Waals surface area contributed by atoms with Gasteiger partial charge in [0.25, 0.3) is 5.91 Å². The number of phenols is 1. The highest BCUT2D eigenvalue weighted by molar-refractivity contribution is 7.89. The minimum atomic E-state index is -3.61. The third-order valence-electron chi connectivity index (χ3n) is 5.44. The molecule has 29 heavy (non-hydrogen) atoms. The Morgan fingerprint density at radius 2 is 1.76 bits per heavy atom. The molecular weight excluding hydrogens is 390 g/mol. The molecule has 2 aliphatic rings. The van der Waals surface area contributed by atoms with Crippen LogP contribution in [0.1, 0.15) is 28.8 Å². The van der Waals surface area contributed by atoms with Crippen LogP contribution in [0.4, 0.5) is 5.69 Å². The number of nitrogens with zero attached hydrogens (tertiary/aromatic N) is 2. The van der Waals surface area contributed by atoms with E-state index in [0.717, 1.165) is 24.1 Å². The van der Waals surface area contributed by atoms with Crippen molar-refractivity contribution < 1.29 is 18.3 Å². The molecule has 0 atom stereocenters. The molecule has 1 heterocycles. The average Bonchev–Trinajstić information content (AvgIpc) is 3.51. The van der Waals surface area contributed by atoms with E-state index in [1.807, 2.05) is 24.0 Å². The van der Waals surface area contributed by atoms with Gasteiger partial charge in [0.15, 0.2) is 0 Å². The topological polar surface area (TPSA) is 90.0 Å². The van der Waals surface area contributed by atoms with Crippen LogP contribution in [-0.4, -0.2) is 56.6 Å². The Morgan fingerprint density at radius 3 is 2.41 bits per heavy atom. The minimum absolute atomic E-state index is 0.0166. The Hall–Kier alpha value is -2.58. The number of amides is 1. The smallest absolute Gasteiger partial charge is 0.254 e. The van der Waals surface area contributed by atoms with Gasteiger partial charge in [-0.05, 0) is 49.6 Å². The third-order valence-corrected chi connectivity index (χ3v) is 6.96. The number of anilines is 1. The lowest BCUT2D eigenvalue weighted by atomic mass is 10.1. The van der Waals surface area contributed by atoms with Crippen LogP contribution in [0, 0.1) is 6.92 Å². The molecule has 1 saturated carbocycles. The lowest BCUT2D eigenvalue weighted by Crippen LogP contribution is -2.49. The number of carbonyl (C=O) groups is 1. The maximum absolute atomic E-state index is 13.1. The summed E-state index contributed by atoms with van der Waals surface area (Å²) in [6.45, 7) is 4.02. The van der Waals surface area contributed by atoms with Crippen LogP contribution in [0.5, 0.6) is 5.75 Å². The Bertz CT molecular complexity index is 1030. The van der Waals surface area contributed by atoms with E-state index < -0.39 is 10.0 Å². The van der Waals surface area contributed by atoms with Crippen molar-refractivity contribution in [2.45, 2.75) is 30.7 Å². The fourth-order valence-electron chi connectivity index (χ4n) is 3.54. The molecule has 2 aromatic carbocycles. The van der Waals surface area contributed by atoms with E-state index in [9.17, 15) is 18.3 Å². The number of sulfonamides is 1. The maximum atomic E-state index is 13.1. The van der Waals surface area contributed by atoms with Crippen molar-refractivity contribution in [1.82, 2.24) is 9.62 Å². The lowest BCUT2D eigenvalue weighted by Gasteiger charge is -2.36. The first kappa shape index (κ1) is 19.7. The van der Waals surface area contributed by atoms with Crippen molar-refractivity contribution in [3.8, 4) is 5.75 Å². The van der Waals surface area contributed by atoms with Gasteiger partial charge < -0.3 is 14.9 Å². The van der Waals surface area contributed by atoms with Gasteiger partial charge in [0.2, 0.25) is 10.0 Å². The number of hydrogen-bond acceptors (Lipinski definition) is 5. The van der Waals surface area contributed by atoms with Gasteiger partial charge in [0.05, 0.1) is 10.6 Å². The molecule has 0 radical (unpaired) electrons. The minimum Gasteiger partial charge on any atom is -0.506 e. The second-order valence-electron chi connectivity index (χ2n) is 7.64. The summed E-state index contributed by atoms with van der Waals surface area (Å²) < 4.78 is 27.7. The number of para-hydroxylation sites is 2. The summed E-state index contributed by atoms with van der Waals surface area (Å²) in [6, 6.07) is 11.9. The molecule has 154 valence electrons. The van der Waals surface area contributed by atoms with Gasteiger partial charge in [0, 0.05) is 37.8 Å². The number of hydrogen-bond donors (Lipinski definition) is 2. The average molecular weight is 416 g/mol. The van der Waals surface area contributed by atoms with Crippen LogP contribution < -0.4 is 9.62 Å². The van der Waals surface area contributed by atoms with Crippen molar-refractivity contribution in [1.29, 1.82) is 0 Å². The molecule has 1 aliphatic heterocycles. The molecule has 0 unspecified atom stereocenters. The highest BCUT2D eigenvalue weighted by Gasteiger charge is 2.29. The molecule has 7 nitrogen and oxygen atoms in total. The maximum Gasteiger partial charge on any atom is 0.254 e. The summed E-state index contributed by atoms with van der Waals surface area (Å²) in [7, 11) is -3.61. The summed E-state index contributed by atoms with van der Waals surface area (Å²) in [6.07, 6.45) is 1.72. The predicted molar refractivity (Wildman–Crippen MR) is 111 cm³/mol. The van der Waals surface area contributed by atoms with Crippen LogP contribution in [0.25, 0.3) is 0 Å². The first-order valence-electron chi connectivity index (χ1n) is 9.80. The van der Waals surface area contributed by atoms with Crippen molar-refractivity contribution in [3.63, 3.8) is 0 Å². The molecule has 2 aromatic rings. The zero-order valence-corrected chi connectivity index (χ0v) is 17.2. The van der Waals surface area contributed by atoms with E-state index in [2.05, 4.69) is 4.72 Å². The quantitative estimate of drug-likeness (QED) is 0.781. The van der Waals surface area contributed by atoms with Crippen molar-refractivity contribution in [2.75, 3.05) is 31.1 Å². The monoisotopic (exact) mass is 415 g/mol. The molecule has 1 aliphatic carbocycles. The SMILES string of the molecule is Cc1ccc(S(=O)(=O)NC2CC2)cc1C(=O)N1CCN(c2ccccc2O)CC1. The van der Waals surface area contributed by atoms with Gasteiger partial charge in [-0.2, -0.15) is 0 Å². The number of benzene rings is 2. The first-order chi connectivity index (χ1) is 13.8. The second kappa shape index (κ2) is 7.68. The number of nitrogens with one attached hydrogen (secondary N) is 1. The Labute approximate surface area is 171 Å². The first-order valence-corrected chi connectivity index (χ1v) is 11.3. The molecule has 1 saturated heterocycles. The van der Waals surface area contributed by atoms with Gasteiger partial charge in [-0.15, -0.1) is 0 Å². The molecule has 2 N–H and O–H groups in total. The molecule has 1 amide bonds. The van der Waals surface area contributed by atoms with E-state index >= 15 is 0 Å². The van der Waals surface area contributed by atoms with Crippen molar-refractivity contribution in [3.05, 3.63) is 53.6 Å². The molecule has 8 heteroatoms. The van der Waals surface area contributed by atoms with E-state index in [-0.39, 0.29) is 22.6 Å². The number of carbonyl (C=O) groups excluding carboxylic acids is 1. The van der Waals surface area contributed by atoms with Gasteiger partial charge in [-0.1, -0.05) is 18.2 Å². The molecule has 0 aromatic heterocycles. The number of rotatable bonds is 5. The largest absolute Gasteiger partial charge is 0.506 e. The molecular formula is C21H25N3O4S. The number of aromatic hydroxyl groups is 1. The lowest BCUT2D eigenvalue weighted by molar-refractivity contribution is 0.0745. The van der Waals surface area contributed by atoms with Crippen LogP contribution in [-0.2, 0) is 10.0 Å². The summed E-state index contributed by atoms with van der Waals surface area (Å²) in [5.74, 6) is 0.0621. The normalized spacial score (nSPS) is 17.4. The van der Waals surface area contributed by atoms with Crippen LogP contribution in [0.15, 0.2) is 47.4 Å². The second-order valence-corrected chi connectivity index (χ2v) is 9.35. The Morgan fingerprint density at radius 1 is 1.07 bits per heavy atom. The van der Waals surface area contributed by atoms with E-state index in [4.69, 9.17) is 0 Å². The molecule has 0 spiro atoms. The van der Waals surface area contributed by atoms with E-state index in [0.29, 0.717) is 31.7 Å². The molecule has 4 rings (SSSR count). The molecule has 0 bridgehead atoms. The predicted octanol–water partition coefficient (Wildman–Crippen LogP) is 2.10. The number of phenolic OH excluding ortho intramolecular Hbond substituents is 1.